The van der Waals surface area contributed by atoms with E-state index in [0.29, 0.717) is 32.9 Å². The lowest BCUT2D eigenvalue weighted by Crippen LogP contribution is -2.00. The molecular weight excluding hydrogens is 303 g/mol. The predicted octanol–water partition coefficient (Wildman–Crippen LogP) is 5.13. The minimum atomic E-state index is 0.478. The number of nitrogens with one attached hydrogen (secondary N) is 1. The third-order valence-electron chi connectivity index (χ3n) is 2.56. The number of nitriles is 1. The second kappa shape index (κ2) is 6.16. The number of anilines is 1. The fourth-order valence-electron chi connectivity index (χ4n) is 1.60. The lowest BCUT2D eigenvalue weighted by atomic mass is 10.1. The van der Waals surface area contributed by atoms with E-state index in [9.17, 15) is 0 Å². The molecule has 2 nitrogen and oxygen atoms in total. The van der Waals surface area contributed by atoms with E-state index in [1.807, 2.05) is 12.1 Å². The standard InChI is InChI=1S/C14H9Cl3N2/c15-11-5-12(16)14(13(17)6-11)19-8-10-3-1-9(7-18)2-4-10/h1-6,19H,8H2. The molecule has 96 valence electrons. The van der Waals surface area contributed by atoms with Gasteiger partial charge in [0.25, 0.3) is 0 Å². The zero-order chi connectivity index (χ0) is 13.8. The average Bonchev–Trinajstić information content (AvgIpc) is 2.38. The highest BCUT2D eigenvalue weighted by molar-refractivity contribution is 6.41. The van der Waals surface area contributed by atoms with E-state index < -0.39 is 0 Å². The second-order valence-electron chi connectivity index (χ2n) is 3.91. The van der Waals surface area contributed by atoms with Crippen molar-refractivity contribution in [3.05, 3.63) is 62.6 Å². The van der Waals surface area contributed by atoms with Gasteiger partial charge in [-0.05, 0) is 29.8 Å². The van der Waals surface area contributed by atoms with Gasteiger partial charge in [0, 0.05) is 11.6 Å². The van der Waals surface area contributed by atoms with Gasteiger partial charge < -0.3 is 5.32 Å². The Morgan fingerprint density at radius 1 is 1.00 bits per heavy atom. The Labute approximate surface area is 126 Å². The first kappa shape index (κ1) is 14.0. The van der Waals surface area contributed by atoms with Gasteiger partial charge in [0.05, 0.1) is 27.4 Å². The van der Waals surface area contributed by atoms with Crippen LogP contribution in [0.2, 0.25) is 15.1 Å². The first-order valence-electron chi connectivity index (χ1n) is 5.47. The average molecular weight is 312 g/mol. The minimum absolute atomic E-state index is 0.478. The van der Waals surface area contributed by atoms with Crippen molar-refractivity contribution in [2.24, 2.45) is 0 Å². The van der Waals surface area contributed by atoms with E-state index in [-0.39, 0.29) is 0 Å². The SMILES string of the molecule is N#Cc1ccc(CNc2c(Cl)cc(Cl)cc2Cl)cc1. The smallest absolute Gasteiger partial charge is 0.0991 e. The van der Waals surface area contributed by atoms with Gasteiger partial charge in [0.15, 0.2) is 0 Å². The molecule has 0 spiro atoms. The highest BCUT2D eigenvalue weighted by atomic mass is 35.5. The molecule has 0 aromatic heterocycles. The van der Waals surface area contributed by atoms with Crippen LogP contribution in [-0.4, -0.2) is 0 Å². The van der Waals surface area contributed by atoms with Crippen LogP contribution in [0.5, 0.6) is 0 Å². The molecule has 0 unspecified atom stereocenters. The van der Waals surface area contributed by atoms with Crippen molar-refractivity contribution in [2.75, 3.05) is 5.32 Å². The van der Waals surface area contributed by atoms with Crippen molar-refractivity contribution in [2.45, 2.75) is 6.54 Å². The van der Waals surface area contributed by atoms with Gasteiger partial charge in [-0.1, -0.05) is 46.9 Å². The lowest BCUT2D eigenvalue weighted by Gasteiger charge is -2.11. The van der Waals surface area contributed by atoms with Crippen LogP contribution < -0.4 is 5.32 Å². The van der Waals surface area contributed by atoms with Gasteiger partial charge in [0.2, 0.25) is 0 Å². The summed E-state index contributed by atoms with van der Waals surface area (Å²) in [5.41, 5.74) is 2.31. The molecule has 2 aromatic rings. The number of hydrogen-bond acceptors (Lipinski definition) is 2. The number of hydrogen-bond donors (Lipinski definition) is 1. The minimum Gasteiger partial charge on any atom is -0.379 e. The van der Waals surface area contributed by atoms with E-state index in [1.54, 1.807) is 24.3 Å². The first-order chi connectivity index (χ1) is 9.10. The van der Waals surface area contributed by atoms with E-state index in [2.05, 4.69) is 11.4 Å². The molecule has 0 saturated carbocycles. The van der Waals surface area contributed by atoms with Crippen molar-refractivity contribution >= 4 is 40.5 Å². The van der Waals surface area contributed by atoms with Crippen LogP contribution in [0.4, 0.5) is 5.69 Å². The summed E-state index contributed by atoms with van der Waals surface area (Å²) in [6.07, 6.45) is 0. The maximum Gasteiger partial charge on any atom is 0.0991 e. The molecule has 0 fully saturated rings. The fourth-order valence-corrected chi connectivity index (χ4v) is 2.55. The molecule has 0 saturated heterocycles. The molecule has 0 aliphatic heterocycles. The molecule has 2 rings (SSSR count). The molecule has 0 radical (unpaired) electrons. The number of nitrogens with zero attached hydrogens (tertiary/aromatic N) is 1. The van der Waals surface area contributed by atoms with Crippen molar-refractivity contribution < 1.29 is 0 Å². The third kappa shape index (κ3) is 3.54. The van der Waals surface area contributed by atoms with Crippen molar-refractivity contribution in [1.29, 1.82) is 5.26 Å². The van der Waals surface area contributed by atoms with Crippen molar-refractivity contribution in [3.8, 4) is 6.07 Å². The summed E-state index contributed by atoms with van der Waals surface area (Å²) in [6, 6.07) is 12.6. The van der Waals surface area contributed by atoms with Crippen molar-refractivity contribution in [1.82, 2.24) is 0 Å². The van der Waals surface area contributed by atoms with E-state index >= 15 is 0 Å². The van der Waals surface area contributed by atoms with Crippen LogP contribution in [0.15, 0.2) is 36.4 Å². The summed E-state index contributed by atoms with van der Waals surface area (Å²) >= 11 is 18.0. The Morgan fingerprint density at radius 3 is 2.11 bits per heavy atom. The van der Waals surface area contributed by atoms with Crippen LogP contribution in [0.3, 0.4) is 0 Å². The van der Waals surface area contributed by atoms with E-state index in [1.165, 1.54) is 0 Å². The Hall–Kier alpha value is -1.40. The maximum atomic E-state index is 8.72. The summed E-state index contributed by atoms with van der Waals surface area (Å²) in [7, 11) is 0. The summed E-state index contributed by atoms with van der Waals surface area (Å²) in [4.78, 5) is 0. The molecule has 0 aliphatic carbocycles. The Morgan fingerprint density at radius 2 is 1.58 bits per heavy atom. The van der Waals surface area contributed by atoms with Gasteiger partial charge in [-0.25, -0.2) is 0 Å². The van der Waals surface area contributed by atoms with Gasteiger partial charge in [0.1, 0.15) is 0 Å². The molecule has 0 bridgehead atoms. The first-order valence-corrected chi connectivity index (χ1v) is 6.61. The quantitative estimate of drug-likeness (QED) is 0.853. The maximum absolute atomic E-state index is 8.72. The van der Waals surface area contributed by atoms with Gasteiger partial charge >= 0.3 is 0 Å². The molecule has 1 N–H and O–H groups in total. The Kier molecular flexibility index (Phi) is 4.55. The number of benzene rings is 2. The molecule has 2 aromatic carbocycles. The lowest BCUT2D eigenvalue weighted by molar-refractivity contribution is 1.15. The molecule has 0 heterocycles. The topological polar surface area (TPSA) is 35.8 Å². The van der Waals surface area contributed by atoms with Crippen LogP contribution >= 0.6 is 34.8 Å². The predicted molar refractivity (Wildman–Crippen MR) is 80.0 cm³/mol. The van der Waals surface area contributed by atoms with Crippen LogP contribution in [0.25, 0.3) is 0 Å². The Bertz CT molecular complexity index is 607. The molecule has 0 atom stereocenters. The highest BCUT2D eigenvalue weighted by Crippen LogP contribution is 2.33. The zero-order valence-electron chi connectivity index (χ0n) is 9.75. The molecular formula is C14H9Cl3N2. The molecule has 0 amide bonds. The number of rotatable bonds is 3. The monoisotopic (exact) mass is 310 g/mol. The largest absolute Gasteiger partial charge is 0.379 e. The summed E-state index contributed by atoms with van der Waals surface area (Å²) in [5, 5.41) is 13.3. The van der Waals surface area contributed by atoms with Crippen LogP contribution in [0, 0.1) is 11.3 Å². The normalized spacial score (nSPS) is 10.0. The zero-order valence-corrected chi connectivity index (χ0v) is 12.0. The molecule has 19 heavy (non-hydrogen) atoms. The van der Waals surface area contributed by atoms with E-state index in [0.717, 1.165) is 5.56 Å². The second-order valence-corrected chi connectivity index (χ2v) is 5.16. The van der Waals surface area contributed by atoms with Crippen molar-refractivity contribution in [3.63, 3.8) is 0 Å². The molecule has 0 aliphatic rings. The van der Waals surface area contributed by atoms with Gasteiger partial charge in [-0.2, -0.15) is 5.26 Å². The van der Waals surface area contributed by atoms with Gasteiger partial charge in [-0.3, -0.25) is 0 Å². The van der Waals surface area contributed by atoms with Crippen LogP contribution in [0.1, 0.15) is 11.1 Å². The third-order valence-corrected chi connectivity index (χ3v) is 3.37. The Balaban J connectivity index is 2.12. The fraction of sp³-hybridized carbons (Fsp3) is 0.0714. The summed E-state index contributed by atoms with van der Waals surface area (Å²) < 4.78 is 0. The van der Waals surface area contributed by atoms with Crippen LogP contribution in [-0.2, 0) is 6.54 Å². The highest BCUT2D eigenvalue weighted by Gasteiger charge is 2.07. The van der Waals surface area contributed by atoms with E-state index in [4.69, 9.17) is 40.1 Å². The summed E-state index contributed by atoms with van der Waals surface area (Å²) in [5.74, 6) is 0. The number of halogens is 3. The molecule has 5 heteroatoms. The summed E-state index contributed by atoms with van der Waals surface area (Å²) in [6.45, 7) is 0.562. The van der Waals surface area contributed by atoms with Gasteiger partial charge in [-0.15, -0.1) is 0 Å².